The minimum Gasteiger partial charge on any atom is -0.496 e. The number of nitrogens with zero attached hydrogens (tertiary/aromatic N) is 4. The number of hydrogen-bond acceptors (Lipinski definition) is 6. The summed E-state index contributed by atoms with van der Waals surface area (Å²) in [6, 6.07) is 6.01. The summed E-state index contributed by atoms with van der Waals surface area (Å²) in [5.74, 6) is 0.922. The molecule has 0 bridgehead atoms. The molecule has 1 fully saturated rings. The maximum atomic E-state index is 12.4. The summed E-state index contributed by atoms with van der Waals surface area (Å²) >= 11 is 1.37. The molecule has 0 spiro atoms. The molecular weight excluding hydrogens is 288 g/mol. The van der Waals surface area contributed by atoms with E-state index >= 15 is 0 Å². The Morgan fingerprint density at radius 3 is 3.00 bits per heavy atom. The van der Waals surface area contributed by atoms with E-state index < -0.39 is 0 Å². The van der Waals surface area contributed by atoms with Crippen molar-refractivity contribution in [3.8, 4) is 5.75 Å². The summed E-state index contributed by atoms with van der Waals surface area (Å²) in [5.41, 5.74) is 1.64. The highest BCUT2D eigenvalue weighted by Crippen LogP contribution is 2.36. The van der Waals surface area contributed by atoms with Gasteiger partial charge in [0.25, 0.3) is 0 Å². The highest BCUT2D eigenvalue weighted by molar-refractivity contribution is 7.99. The number of rotatable bonds is 6. The van der Waals surface area contributed by atoms with Crippen LogP contribution in [0.4, 0.5) is 0 Å². The number of aryl methyl sites for hydroxylation is 1. The van der Waals surface area contributed by atoms with E-state index in [-0.39, 0.29) is 5.78 Å². The third-order valence-electron chi connectivity index (χ3n) is 3.34. The third-order valence-corrected chi connectivity index (χ3v) is 4.28. The summed E-state index contributed by atoms with van der Waals surface area (Å²) < 4.78 is 7.07. The molecular formula is C14H16N4O2S. The zero-order chi connectivity index (χ0) is 14.8. The molecule has 0 atom stereocenters. The van der Waals surface area contributed by atoms with E-state index in [0.29, 0.717) is 28.3 Å². The fourth-order valence-electron chi connectivity index (χ4n) is 2.08. The first kappa shape index (κ1) is 14.1. The molecule has 7 heteroatoms. The zero-order valence-electron chi connectivity index (χ0n) is 11.9. The maximum absolute atomic E-state index is 12.4. The second kappa shape index (κ2) is 5.85. The van der Waals surface area contributed by atoms with E-state index in [1.54, 1.807) is 7.11 Å². The van der Waals surface area contributed by atoms with Crippen LogP contribution in [0.5, 0.6) is 5.75 Å². The number of tetrazole rings is 1. The van der Waals surface area contributed by atoms with Crippen molar-refractivity contribution in [2.75, 3.05) is 12.9 Å². The molecule has 1 aromatic carbocycles. The Hall–Kier alpha value is -1.89. The molecule has 1 aliphatic carbocycles. The summed E-state index contributed by atoms with van der Waals surface area (Å²) in [6.07, 6.45) is 2.22. The number of carbonyl (C=O) groups excluding carboxylic acids is 1. The van der Waals surface area contributed by atoms with E-state index in [9.17, 15) is 4.79 Å². The summed E-state index contributed by atoms with van der Waals surface area (Å²) in [6.45, 7) is 1.96. The number of thioether (sulfide) groups is 1. The van der Waals surface area contributed by atoms with Gasteiger partial charge in [-0.2, -0.15) is 0 Å². The molecule has 0 unspecified atom stereocenters. The molecule has 0 saturated heterocycles. The molecule has 1 heterocycles. The van der Waals surface area contributed by atoms with Gasteiger partial charge in [0, 0.05) is 0 Å². The van der Waals surface area contributed by atoms with Crippen LogP contribution >= 0.6 is 11.8 Å². The van der Waals surface area contributed by atoms with Crippen molar-refractivity contribution in [2.24, 2.45) is 0 Å². The van der Waals surface area contributed by atoms with Gasteiger partial charge in [-0.05, 0) is 42.3 Å². The van der Waals surface area contributed by atoms with Crippen molar-refractivity contribution in [3.05, 3.63) is 29.3 Å². The van der Waals surface area contributed by atoms with Gasteiger partial charge in [-0.25, -0.2) is 4.68 Å². The highest BCUT2D eigenvalue weighted by atomic mass is 32.2. The normalized spacial score (nSPS) is 14.2. The van der Waals surface area contributed by atoms with Crippen LogP contribution in [0.3, 0.4) is 0 Å². The molecule has 3 rings (SSSR count). The maximum Gasteiger partial charge on any atom is 0.210 e. The van der Waals surface area contributed by atoms with Gasteiger partial charge in [0.1, 0.15) is 5.75 Å². The smallest absolute Gasteiger partial charge is 0.210 e. The van der Waals surface area contributed by atoms with Crippen molar-refractivity contribution in [3.63, 3.8) is 0 Å². The number of ether oxygens (including phenoxy) is 1. The van der Waals surface area contributed by atoms with E-state index in [1.165, 1.54) is 11.8 Å². The van der Waals surface area contributed by atoms with Crippen LogP contribution in [0.1, 0.15) is 34.8 Å². The molecule has 110 valence electrons. The predicted octanol–water partition coefficient (Wildman–Crippen LogP) is 2.30. The van der Waals surface area contributed by atoms with Gasteiger partial charge >= 0.3 is 0 Å². The van der Waals surface area contributed by atoms with Gasteiger partial charge in [0.2, 0.25) is 5.16 Å². The molecule has 2 aromatic rings. The van der Waals surface area contributed by atoms with Crippen molar-refractivity contribution < 1.29 is 9.53 Å². The Morgan fingerprint density at radius 2 is 2.29 bits per heavy atom. The van der Waals surface area contributed by atoms with Gasteiger partial charge in [0.05, 0.1) is 24.5 Å². The monoisotopic (exact) mass is 304 g/mol. The fourth-order valence-corrected chi connectivity index (χ4v) is 2.90. The lowest BCUT2D eigenvalue weighted by atomic mass is 10.1. The largest absolute Gasteiger partial charge is 0.496 e. The molecule has 1 aromatic heterocycles. The Labute approximate surface area is 126 Å². The van der Waals surface area contributed by atoms with E-state index in [2.05, 4.69) is 15.5 Å². The Morgan fingerprint density at radius 1 is 1.48 bits per heavy atom. The van der Waals surface area contributed by atoms with Crippen molar-refractivity contribution in [2.45, 2.75) is 31.0 Å². The summed E-state index contributed by atoms with van der Waals surface area (Å²) in [5, 5.41) is 12.4. The van der Waals surface area contributed by atoms with Crippen LogP contribution < -0.4 is 4.74 Å². The molecule has 1 aliphatic rings. The average Bonchev–Trinajstić information content (AvgIpc) is 3.23. The summed E-state index contributed by atoms with van der Waals surface area (Å²) in [4.78, 5) is 12.4. The van der Waals surface area contributed by atoms with Crippen LogP contribution in [-0.4, -0.2) is 38.9 Å². The number of Topliss-reactive ketones (excluding diaryl/α,β-unsaturated/α-hetero) is 1. The molecule has 0 radical (unpaired) electrons. The highest BCUT2D eigenvalue weighted by Gasteiger charge is 2.28. The lowest BCUT2D eigenvalue weighted by Gasteiger charge is -2.08. The number of aromatic nitrogens is 4. The first-order chi connectivity index (χ1) is 10.2. The van der Waals surface area contributed by atoms with Gasteiger partial charge in [-0.1, -0.05) is 23.4 Å². The number of methoxy groups -OCH3 is 1. The van der Waals surface area contributed by atoms with E-state index in [4.69, 9.17) is 4.74 Å². The standard InChI is InChI=1S/C14H16N4O2S/c1-9-3-6-13(20-2)11(7-9)12(19)8-21-14-15-16-17-18(14)10-4-5-10/h3,6-7,10H,4-5,8H2,1-2H3. The second-order valence-corrected chi connectivity index (χ2v) is 6.00. The van der Waals surface area contributed by atoms with Gasteiger partial charge in [-0.3, -0.25) is 4.79 Å². The molecule has 1 saturated carbocycles. The van der Waals surface area contributed by atoms with E-state index in [0.717, 1.165) is 18.4 Å². The minimum absolute atomic E-state index is 0.0193. The second-order valence-electron chi connectivity index (χ2n) is 5.05. The van der Waals surface area contributed by atoms with Crippen LogP contribution in [0.25, 0.3) is 0 Å². The van der Waals surface area contributed by atoms with Gasteiger partial charge in [-0.15, -0.1) is 5.10 Å². The van der Waals surface area contributed by atoms with E-state index in [1.807, 2.05) is 29.8 Å². The van der Waals surface area contributed by atoms with Crippen LogP contribution in [0, 0.1) is 6.92 Å². The molecule has 0 aliphatic heterocycles. The number of ketones is 1. The lowest BCUT2D eigenvalue weighted by molar-refractivity contribution is 0.101. The van der Waals surface area contributed by atoms with Crippen LogP contribution in [0.2, 0.25) is 0 Å². The number of hydrogen-bond donors (Lipinski definition) is 0. The average molecular weight is 304 g/mol. The molecule has 21 heavy (non-hydrogen) atoms. The zero-order valence-corrected chi connectivity index (χ0v) is 12.8. The third kappa shape index (κ3) is 3.07. The topological polar surface area (TPSA) is 69.9 Å². The van der Waals surface area contributed by atoms with Crippen molar-refractivity contribution >= 4 is 17.5 Å². The Bertz CT molecular complexity index is 667. The summed E-state index contributed by atoms with van der Waals surface area (Å²) in [7, 11) is 1.57. The van der Waals surface area contributed by atoms with Gasteiger partial charge in [0.15, 0.2) is 5.78 Å². The lowest BCUT2D eigenvalue weighted by Crippen LogP contribution is -2.07. The van der Waals surface area contributed by atoms with Gasteiger partial charge < -0.3 is 4.74 Å². The SMILES string of the molecule is COc1ccc(C)cc1C(=O)CSc1nnnn1C1CC1. The Balaban J connectivity index is 1.71. The molecule has 0 N–H and O–H groups in total. The van der Waals surface area contributed by atoms with Crippen molar-refractivity contribution in [1.82, 2.24) is 20.2 Å². The Kier molecular flexibility index (Phi) is 3.92. The van der Waals surface area contributed by atoms with Crippen LogP contribution in [-0.2, 0) is 0 Å². The number of benzene rings is 1. The quantitative estimate of drug-likeness (QED) is 0.602. The number of carbonyl (C=O) groups is 1. The molecule has 0 amide bonds. The fraction of sp³-hybridized carbons (Fsp3) is 0.429. The predicted molar refractivity (Wildman–Crippen MR) is 78.9 cm³/mol. The first-order valence-corrected chi connectivity index (χ1v) is 7.76. The van der Waals surface area contributed by atoms with Crippen LogP contribution in [0.15, 0.2) is 23.4 Å². The molecule has 6 nitrogen and oxygen atoms in total. The minimum atomic E-state index is 0.0193. The first-order valence-electron chi connectivity index (χ1n) is 6.77. The van der Waals surface area contributed by atoms with Crippen molar-refractivity contribution in [1.29, 1.82) is 0 Å².